The third kappa shape index (κ3) is 3.49. The lowest BCUT2D eigenvalue weighted by Crippen LogP contribution is -2.26. The number of benzene rings is 1. The largest absolute Gasteiger partial charge is 0.350 e. The van der Waals surface area contributed by atoms with Gasteiger partial charge in [0, 0.05) is 11.0 Å². The predicted octanol–water partition coefficient (Wildman–Crippen LogP) is 3.32. The fourth-order valence-electron chi connectivity index (χ4n) is 2.45. The zero-order valence-corrected chi connectivity index (χ0v) is 15.4. The fourth-order valence-corrected chi connectivity index (χ4v) is 2.87. The summed E-state index contributed by atoms with van der Waals surface area (Å²) in [5.41, 5.74) is 4.14. The van der Waals surface area contributed by atoms with Crippen molar-refractivity contribution in [1.29, 1.82) is 0 Å². The zero-order valence-electron chi connectivity index (χ0n) is 14.5. The number of thioether (sulfide) groups is 1. The van der Waals surface area contributed by atoms with Gasteiger partial charge in [-0.25, -0.2) is 19.4 Å². The molecule has 0 aliphatic carbocycles. The fraction of sp³-hybridized carbons (Fsp3) is 0.235. The molecule has 3 rings (SSSR count). The summed E-state index contributed by atoms with van der Waals surface area (Å²) in [5.74, 6) is -0.949. The van der Waals surface area contributed by atoms with E-state index in [1.54, 1.807) is 42.8 Å². The number of nitrogens with zero attached hydrogens (tertiary/aromatic N) is 3. The second kappa shape index (κ2) is 7.71. The molecule has 0 spiro atoms. The van der Waals surface area contributed by atoms with Gasteiger partial charge in [0.1, 0.15) is 5.82 Å². The van der Waals surface area contributed by atoms with Gasteiger partial charge in [-0.15, -0.1) is 11.8 Å². The Labute approximate surface area is 153 Å². The highest BCUT2D eigenvalue weighted by Crippen LogP contribution is 2.28. The molecular formula is C17H18FN5O2S. The van der Waals surface area contributed by atoms with Crippen molar-refractivity contribution in [2.45, 2.75) is 18.7 Å². The maximum atomic E-state index is 14.4. The molecule has 2 heterocycles. The maximum Gasteiger partial charge on any atom is 0.295 e. The molecule has 0 radical (unpaired) electrons. The molecule has 7 nitrogen and oxygen atoms in total. The molecule has 0 aliphatic rings. The lowest BCUT2D eigenvalue weighted by molar-refractivity contribution is 0.0361. The number of hydroxylamine groups is 1. The van der Waals surface area contributed by atoms with Crippen LogP contribution in [-0.4, -0.2) is 33.4 Å². The quantitative estimate of drug-likeness (QED) is 0.508. The van der Waals surface area contributed by atoms with Gasteiger partial charge in [0.15, 0.2) is 11.3 Å². The van der Waals surface area contributed by atoms with Crippen molar-refractivity contribution >= 4 is 34.7 Å². The molecule has 0 saturated carbocycles. The minimum atomic E-state index is -0.526. The highest BCUT2D eigenvalue weighted by molar-refractivity contribution is 7.98. The molecule has 3 aromatic rings. The molecule has 136 valence electrons. The van der Waals surface area contributed by atoms with Crippen LogP contribution < -0.4 is 10.8 Å². The number of hydrogen-bond acceptors (Lipinski definition) is 6. The summed E-state index contributed by atoms with van der Waals surface area (Å²) in [5, 5.41) is 7.16. The Kier molecular flexibility index (Phi) is 5.38. The average molecular weight is 375 g/mol. The standard InChI is InChI=1S/C17H18FN5O2S/c1-4-25-22-17(24)16-15(10(2)23-14(21-16)7-8-19-23)20-13-6-5-11(26-3)9-12(13)18/h5-9,20H,4H2,1-3H3,(H,22,24). The topological polar surface area (TPSA) is 80.5 Å². The van der Waals surface area contributed by atoms with Crippen LogP contribution in [0.5, 0.6) is 0 Å². The lowest BCUT2D eigenvalue weighted by atomic mass is 10.2. The molecule has 0 saturated heterocycles. The first-order valence-electron chi connectivity index (χ1n) is 7.92. The van der Waals surface area contributed by atoms with E-state index in [1.807, 2.05) is 6.26 Å². The molecule has 0 atom stereocenters. The molecule has 26 heavy (non-hydrogen) atoms. The van der Waals surface area contributed by atoms with Crippen LogP contribution in [0.4, 0.5) is 15.8 Å². The summed E-state index contributed by atoms with van der Waals surface area (Å²) in [4.78, 5) is 22.6. The molecule has 0 fully saturated rings. The van der Waals surface area contributed by atoms with E-state index in [2.05, 4.69) is 20.9 Å². The van der Waals surface area contributed by atoms with Crippen LogP contribution in [-0.2, 0) is 4.84 Å². The summed E-state index contributed by atoms with van der Waals surface area (Å²) < 4.78 is 16.0. The van der Waals surface area contributed by atoms with Gasteiger partial charge in [-0.05, 0) is 38.3 Å². The summed E-state index contributed by atoms with van der Waals surface area (Å²) in [6, 6.07) is 6.54. The van der Waals surface area contributed by atoms with E-state index in [4.69, 9.17) is 4.84 Å². The van der Waals surface area contributed by atoms with Gasteiger partial charge in [-0.1, -0.05) is 0 Å². The number of amides is 1. The van der Waals surface area contributed by atoms with Crippen molar-refractivity contribution in [3.63, 3.8) is 0 Å². The molecule has 2 N–H and O–H groups in total. The normalized spacial score (nSPS) is 10.9. The first kappa shape index (κ1) is 18.2. The van der Waals surface area contributed by atoms with E-state index in [1.165, 1.54) is 17.8 Å². The van der Waals surface area contributed by atoms with E-state index < -0.39 is 11.7 Å². The van der Waals surface area contributed by atoms with Crippen molar-refractivity contribution in [2.75, 3.05) is 18.2 Å². The van der Waals surface area contributed by atoms with Gasteiger partial charge in [-0.3, -0.25) is 9.63 Å². The van der Waals surface area contributed by atoms with Crippen LogP contribution in [0.2, 0.25) is 0 Å². The number of rotatable bonds is 6. The first-order valence-corrected chi connectivity index (χ1v) is 9.14. The molecular weight excluding hydrogens is 357 g/mol. The minimum absolute atomic E-state index is 0.0947. The number of halogens is 1. The second-order valence-corrected chi connectivity index (χ2v) is 6.24. The summed E-state index contributed by atoms with van der Waals surface area (Å²) in [6.07, 6.45) is 3.45. The Morgan fingerprint density at radius 3 is 2.88 bits per heavy atom. The SMILES string of the molecule is CCONC(=O)c1nc2ccnn2c(C)c1Nc1ccc(SC)cc1F. The van der Waals surface area contributed by atoms with Crippen LogP contribution >= 0.6 is 11.8 Å². The number of nitrogens with one attached hydrogen (secondary N) is 2. The van der Waals surface area contributed by atoms with Gasteiger partial charge in [0.05, 0.1) is 29.9 Å². The second-order valence-electron chi connectivity index (χ2n) is 5.36. The van der Waals surface area contributed by atoms with Gasteiger partial charge in [-0.2, -0.15) is 5.10 Å². The number of carbonyl (C=O) groups is 1. The molecule has 9 heteroatoms. The Balaban J connectivity index is 2.07. The lowest BCUT2D eigenvalue weighted by Gasteiger charge is -2.16. The number of hydrogen-bond donors (Lipinski definition) is 2. The molecule has 2 aromatic heterocycles. The summed E-state index contributed by atoms with van der Waals surface area (Å²) >= 11 is 1.45. The van der Waals surface area contributed by atoms with Crippen molar-refractivity contribution in [3.05, 3.63) is 47.7 Å². The summed E-state index contributed by atoms with van der Waals surface area (Å²) in [7, 11) is 0. The highest BCUT2D eigenvalue weighted by Gasteiger charge is 2.20. The third-order valence-corrected chi connectivity index (χ3v) is 4.45. The average Bonchev–Trinajstić information content (AvgIpc) is 3.12. The van der Waals surface area contributed by atoms with Crippen molar-refractivity contribution in [1.82, 2.24) is 20.1 Å². The Morgan fingerprint density at radius 1 is 1.38 bits per heavy atom. The molecule has 0 unspecified atom stereocenters. The van der Waals surface area contributed by atoms with Gasteiger partial charge >= 0.3 is 0 Å². The minimum Gasteiger partial charge on any atom is -0.350 e. The number of anilines is 2. The van der Waals surface area contributed by atoms with E-state index in [0.717, 1.165) is 4.90 Å². The van der Waals surface area contributed by atoms with E-state index >= 15 is 0 Å². The summed E-state index contributed by atoms with van der Waals surface area (Å²) in [6.45, 7) is 3.84. The Hall–Kier alpha value is -2.65. The third-order valence-electron chi connectivity index (χ3n) is 3.73. The van der Waals surface area contributed by atoms with Crippen molar-refractivity contribution in [3.8, 4) is 0 Å². The molecule has 1 aromatic carbocycles. The Bertz CT molecular complexity index is 960. The molecule has 1 amide bonds. The zero-order chi connectivity index (χ0) is 18.7. The number of carbonyl (C=O) groups excluding carboxylic acids is 1. The number of fused-ring (bicyclic) bond motifs is 1. The first-order chi connectivity index (χ1) is 12.5. The van der Waals surface area contributed by atoms with E-state index in [-0.39, 0.29) is 11.4 Å². The van der Waals surface area contributed by atoms with Crippen LogP contribution in [0.25, 0.3) is 5.65 Å². The van der Waals surface area contributed by atoms with Gasteiger partial charge in [0.2, 0.25) is 0 Å². The van der Waals surface area contributed by atoms with Crippen molar-refractivity contribution < 1.29 is 14.0 Å². The van der Waals surface area contributed by atoms with Crippen LogP contribution in [0.1, 0.15) is 23.1 Å². The highest BCUT2D eigenvalue weighted by atomic mass is 32.2. The smallest absolute Gasteiger partial charge is 0.295 e. The predicted molar refractivity (Wildman–Crippen MR) is 98.3 cm³/mol. The van der Waals surface area contributed by atoms with Crippen LogP contribution in [0.3, 0.4) is 0 Å². The van der Waals surface area contributed by atoms with E-state index in [0.29, 0.717) is 23.6 Å². The molecule has 0 bridgehead atoms. The van der Waals surface area contributed by atoms with Crippen molar-refractivity contribution in [2.24, 2.45) is 0 Å². The monoisotopic (exact) mass is 375 g/mol. The number of aryl methyl sites for hydroxylation is 1. The van der Waals surface area contributed by atoms with Crippen LogP contribution in [0, 0.1) is 12.7 Å². The maximum absolute atomic E-state index is 14.4. The van der Waals surface area contributed by atoms with Gasteiger partial charge in [0.25, 0.3) is 5.91 Å². The Morgan fingerprint density at radius 2 is 2.19 bits per heavy atom. The number of aromatic nitrogens is 3. The van der Waals surface area contributed by atoms with Gasteiger partial charge < -0.3 is 5.32 Å². The van der Waals surface area contributed by atoms with E-state index in [9.17, 15) is 9.18 Å². The van der Waals surface area contributed by atoms with Crippen LogP contribution in [0.15, 0.2) is 35.4 Å². The molecule has 0 aliphatic heterocycles.